The molecule has 2 aliphatic heterocycles. The largest absolute Gasteiger partial charge is 0.481 e. The molecule has 1 amide bonds. The van der Waals surface area contributed by atoms with E-state index >= 15 is 0 Å². The Morgan fingerprint density at radius 3 is 2.34 bits per heavy atom. The van der Waals surface area contributed by atoms with Crippen LogP contribution in [-0.4, -0.2) is 59.1 Å². The van der Waals surface area contributed by atoms with Crippen molar-refractivity contribution in [3.8, 4) is 0 Å². The molecule has 0 spiro atoms. The Morgan fingerprint density at radius 2 is 1.66 bits per heavy atom. The Morgan fingerprint density at radius 1 is 0.920 bits per heavy atom. The number of amides is 1. The second-order valence-electron chi connectivity index (χ2n) is 21.2. The molecule has 8 aliphatic rings. The minimum Gasteiger partial charge on any atom is -0.481 e. The highest BCUT2D eigenvalue weighted by Gasteiger charge is 2.72. The third-order valence-electron chi connectivity index (χ3n) is 18.5. The highest BCUT2D eigenvalue weighted by molar-refractivity contribution is 5.81. The number of carbonyl (C=O) groups is 3. The number of nitrogens with zero attached hydrogens (tertiary/aromatic N) is 1. The molecule has 0 radical (unpaired) electrons. The molecular weight excluding hydrogens is 624 g/mol. The first-order valence-electron chi connectivity index (χ1n) is 20.4. The van der Waals surface area contributed by atoms with Crippen molar-refractivity contribution >= 4 is 17.8 Å². The molecule has 8 fully saturated rings. The quantitative estimate of drug-likeness (QED) is 0.209. The van der Waals surface area contributed by atoms with Crippen molar-refractivity contribution in [1.82, 2.24) is 10.2 Å². The van der Waals surface area contributed by atoms with Crippen LogP contribution in [0.15, 0.2) is 12.2 Å². The topological polar surface area (TPSA) is 95.9 Å². The molecule has 8 rings (SSSR count). The molecule has 0 bridgehead atoms. The van der Waals surface area contributed by atoms with Gasteiger partial charge in [0.05, 0.1) is 11.8 Å². The van der Waals surface area contributed by atoms with Crippen LogP contribution in [0.1, 0.15) is 132 Å². The molecule has 0 aromatic carbocycles. The summed E-state index contributed by atoms with van der Waals surface area (Å²) >= 11 is 0. The van der Waals surface area contributed by atoms with E-state index in [9.17, 15) is 19.5 Å². The van der Waals surface area contributed by atoms with Crippen LogP contribution in [-0.2, 0) is 19.1 Å². The second kappa shape index (κ2) is 11.1. The average Bonchev–Trinajstić information content (AvgIpc) is 3.27. The number of carbonyl (C=O) groups excluding carboxylic acids is 2. The van der Waals surface area contributed by atoms with Gasteiger partial charge in [-0.3, -0.25) is 14.4 Å². The predicted octanol–water partition coefficient (Wildman–Crippen LogP) is 7.88. The molecule has 50 heavy (non-hydrogen) atoms. The highest BCUT2D eigenvalue weighted by Crippen LogP contribution is 2.78. The van der Waals surface area contributed by atoms with Gasteiger partial charge in [0.2, 0.25) is 5.91 Å². The molecule has 7 heteroatoms. The normalized spacial score (nSPS) is 49.6. The van der Waals surface area contributed by atoms with Gasteiger partial charge < -0.3 is 20.1 Å². The maximum atomic E-state index is 14.3. The first-order chi connectivity index (χ1) is 23.3. The molecule has 0 aromatic heterocycles. The number of fused-ring (bicyclic) bond motifs is 8. The first-order valence-corrected chi connectivity index (χ1v) is 20.4. The predicted molar refractivity (Wildman–Crippen MR) is 194 cm³/mol. The third-order valence-corrected chi connectivity index (χ3v) is 18.5. The van der Waals surface area contributed by atoms with Crippen molar-refractivity contribution < 1.29 is 24.2 Å². The van der Waals surface area contributed by atoms with Gasteiger partial charge in [-0.05, 0) is 142 Å². The van der Waals surface area contributed by atoms with E-state index in [0.29, 0.717) is 53.5 Å². The maximum Gasteiger partial charge on any atom is 0.309 e. The molecule has 2 heterocycles. The Kier molecular flexibility index (Phi) is 7.79. The van der Waals surface area contributed by atoms with E-state index < -0.39 is 11.4 Å². The number of piperidine rings is 2. The summed E-state index contributed by atoms with van der Waals surface area (Å²) in [7, 11) is 0. The van der Waals surface area contributed by atoms with Crippen LogP contribution in [0, 0.1) is 73.9 Å². The van der Waals surface area contributed by atoms with Crippen LogP contribution in [0.3, 0.4) is 0 Å². The van der Waals surface area contributed by atoms with Gasteiger partial charge >= 0.3 is 11.9 Å². The molecule has 14 atom stereocenters. The molecule has 4 unspecified atom stereocenters. The average molecular weight is 691 g/mol. The number of likely N-dealkylation sites (tertiary alicyclic amines) is 1. The summed E-state index contributed by atoms with van der Waals surface area (Å²) in [4.78, 5) is 41.4. The van der Waals surface area contributed by atoms with Gasteiger partial charge in [0.1, 0.15) is 6.10 Å². The van der Waals surface area contributed by atoms with E-state index in [1.54, 1.807) is 13.8 Å². The van der Waals surface area contributed by atoms with Crippen LogP contribution in [0.5, 0.6) is 0 Å². The van der Waals surface area contributed by atoms with Crippen LogP contribution in [0.2, 0.25) is 0 Å². The van der Waals surface area contributed by atoms with E-state index in [0.717, 1.165) is 44.7 Å². The lowest BCUT2D eigenvalue weighted by atomic mass is 9.32. The third kappa shape index (κ3) is 4.65. The zero-order valence-electron chi connectivity index (χ0n) is 32.4. The summed E-state index contributed by atoms with van der Waals surface area (Å²) in [5.41, 5.74) is 0.710. The molecule has 6 aliphatic carbocycles. The summed E-state index contributed by atoms with van der Waals surface area (Å²) in [5.74, 6) is 3.23. The lowest BCUT2D eigenvalue weighted by Crippen LogP contribution is -2.67. The van der Waals surface area contributed by atoms with Gasteiger partial charge in [-0.25, -0.2) is 0 Å². The molecule has 2 saturated heterocycles. The van der Waals surface area contributed by atoms with Crippen molar-refractivity contribution in [3.63, 3.8) is 0 Å². The highest BCUT2D eigenvalue weighted by atomic mass is 16.5. The van der Waals surface area contributed by atoms with Gasteiger partial charge in [-0.2, -0.15) is 0 Å². The fourth-order valence-corrected chi connectivity index (χ4v) is 15.6. The fourth-order valence-electron chi connectivity index (χ4n) is 15.6. The van der Waals surface area contributed by atoms with Gasteiger partial charge in [-0.15, -0.1) is 0 Å². The van der Waals surface area contributed by atoms with Gasteiger partial charge in [0.15, 0.2) is 0 Å². The maximum absolute atomic E-state index is 14.3. The van der Waals surface area contributed by atoms with Crippen molar-refractivity contribution in [2.45, 2.75) is 151 Å². The zero-order valence-corrected chi connectivity index (χ0v) is 32.4. The van der Waals surface area contributed by atoms with Gasteiger partial charge in [-0.1, -0.05) is 46.8 Å². The molecule has 7 nitrogen and oxygen atoms in total. The first kappa shape index (κ1) is 35.2. The van der Waals surface area contributed by atoms with E-state index in [2.05, 4.69) is 58.3 Å². The number of nitrogens with one attached hydrogen (secondary N) is 1. The molecule has 6 saturated carbocycles. The minimum atomic E-state index is -1.13. The number of carboxylic acids is 1. The van der Waals surface area contributed by atoms with Crippen molar-refractivity contribution in [2.24, 2.45) is 73.9 Å². The standard InChI is InChI=1S/C43H66N2O5/c1-24(2)25-12-17-43(20-32(46)45-23-26-34-28(45)22-44-36(26)34)19-18-41(8)27(35(25)43)10-11-30-40(7)15-14-31(50-33(47)21-38(3,4)37(48)49)39(5,6)29(40)13-16-42(30,41)9/h25-31,34-36,44H,1,10-23H2,2-9H3,(H,48,49)/t25-,26?,27+,28?,29-,30+,31-,34?,35+,36?,40-,41+,42+,43+/m0/s1. The Hall–Kier alpha value is -1.89. The van der Waals surface area contributed by atoms with Crippen molar-refractivity contribution in [3.05, 3.63) is 12.2 Å². The van der Waals surface area contributed by atoms with E-state index in [1.165, 1.54) is 50.5 Å². The minimum absolute atomic E-state index is 0.103. The van der Waals surface area contributed by atoms with Crippen LogP contribution < -0.4 is 5.32 Å². The Balaban J connectivity index is 1.04. The number of allylic oxidation sites excluding steroid dienone is 1. The second-order valence-corrected chi connectivity index (χ2v) is 21.2. The number of rotatable bonds is 7. The lowest BCUT2D eigenvalue weighted by Gasteiger charge is -2.73. The Labute approximate surface area is 301 Å². The lowest BCUT2D eigenvalue weighted by molar-refractivity contribution is -0.250. The van der Waals surface area contributed by atoms with E-state index in [1.807, 2.05) is 0 Å². The monoisotopic (exact) mass is 690 g/mol. The molecular formula is C43H66N2O5. The summed E-state index contributed by atoms with van der Waals surface area (Å²) in [6.45, 7) is 24.6. The van der Waals surface area contributed by atoms with Gasteiger partial charge in [0.25, 0.3) is 0 Å². The van der Waals surface area contributed by atoms with E-state index in [-0.39, 0.29) is 45.6 Å². The fraction of sp³-hybridized carbons (Fsp3) is 0.884. The molecule has 2 N–H and O–H groups in total. The summed E-state index contributed by atoms with van der Waals surface area (Å²) in [5, 5.41) is 13.3. The smallest absolute Gasteiger partial charge is 0.309 e. The van der Waals surface area contributed by atoms with Crippen molar-refractivity contribution in [2.75, 3.05) is 13.1 Å². The van der Waals surface area contributed by atoms with Gasteiger partial charge in [0, 0.05) is 42.9 Å². The number of ether oxygens (including phenoxy) is 1. The molecule has 0 aromatic rings. The number of esters is 1. The summed E-state index contributed by atoms with van der Waals surface area (Å²) < 4.78 is 6.19. The SMILES string of the molecule is C=C(C)[C@@H]1CC[C@]2(CC(=O)N3CC4C5NCC3C45)CC[C@]3(C)[C@H](CC[C@@H]4[C@@]5(C)CC[C@H](OC(=O)CC(C)(C)C(=O)O)C(C)(C)[C@@H]5CC[C@]43C)[C@@H]12. The van der Waals surface area contributed by atoms with Crippen LogP contribution in [0.4, 0.5) is 0 Å². The summed E-state index contributed by atoms with van der Waals surface area (Å²) in [6, 6.07) is 1.12. The van der Waals surface area contributed by atoms with E-state index in [4.69, 9.17) is 4.74 Å². The van der Waals surface area contributed by atoms with Crippen LogP contribution in [0.25, 0.3) is 0 Å². The Bertz CT molecular complexity index is 1490. The van der Waals surface area contributed by atoms with Crippen molar-refractivity contribution in [1.29, 1.82) is 0 Å². The number of aliphatic carboxylic acids is 1. The number of hydrogen-bond acceptors (Lipinski definition) is 5. The van der Waals surface area contributed by atoms with Crippen LogP contribution >= 0.6 is 0 Å². The zero-order chi connectivity index (χ0) is 36.0. The number of carboxylic acid groups (broad SMARTS) is 1. The molecule has 278 valence electrons. The summed E-state index contributed by atoms with van der Waals surface area (Å²) in [6.07, 6.45) is 11.9. The number of hydrogen-bond donors (Lipinski definition) is 2.